The molecule has 0 fully saturated rings. The molecule has 4 aromatic rings. The van der Waals surface area contributed by atoms with E-state index in [1.165, 1.54) is 0 Å². The van der Waals surface area contributed by atoms with Crippen molar-refractivity contribution < 1.29 is 13.9 Å². The number of benzene rings is 2. The quantitative estimate of drug-likeness (QED) is 0.375. The Labute approximate surface area is 165 Å². The lowest BCUT2D eigenvalue weighted by Crippen LogP contribution is -1.95. The Morgan fingerprint density at radius 2 is 2.00 bits per heavy atom. The smallest absolute Gasteiger partial charge is 0.257 e. The Morgan fingerprint density at radius 3 is 2.81 bits per heavy atom. The van der Waals surface area contributed by atoms with Crippen molar-refractivity contribution in [3.05, 3.63) is 53.5 Å². The minimum absolute atomic E-state index is 0.601. The van der Waals surface area contributed by atoms with Crippen molar-refractivity contribution in [1.82, 2.24) is 9.97 Å². The monoisotopic (exact) mass is 398 g/mol. The van der Waals surface area contributed by atoms with E-state index in [1.807, 2.05) is 49.4 Å². The normalized spacial score (nSPS) is 11.0. The van der Waals surface area contributed by atoms with Gasteiger partial charge in [0.15, 0.2) is 17.1 Å². The van der Waals surface area contributed by atoms with E-state index >= 15 is 0 Å². The van der Waals surface area contributed by atoms with E-state index in [1.54, 1.807) is 30.2 Å². The second-order valence-electron chi connectivity index (χ2n) is 5.68. The Bertz CT molecular complexity index is 1030. The van der Waals surface area contributed by atoms with Crippen LogP contribution in [-0.2, 0) is 5.75 Å². The first kappa shape index (κ1) is 17.9. The van der Waals surface area contributed by atoms with Gasteiger partial charge in [0, 0.05) is 16.7 Å². The van der Waals surface area contributed by atoms with Gasteiger partial charge in [-0.15, -0.1) is 11.3 Å². The van der Waals surface area contributed by atoms with Gasteiger partial charge in [0.1, 0.15) is 10.5 Å². The molecule has 0 atom stereocenters. The molecule has 0 unspecified atom stereocenters. The van der Waals surface area contributed by atoms with E-state index in [-0.39, 0.29) is 0 Å². The number of thioether (sulfide) groups is 1. The molecule has 0 aliphatic heterocycles. The number of rotatable bonds is 7. The Kier molecular flexibility index (Phi) is 5.31. The van der Waals surface area contributed by atoms with Crippen molar-refractivity contribution in [1.29, 1.82) is 0 Å². The first-order chi connectivity index (χ1) is 13.3. The molecule has 138 valence electrons. The van der Waals surface area contributed by atoms with E-state index < -0.39 is 0 Å². The highest BCUT2D eigenvalue weighted by Gasteiger charge is 2.11. The third-order valence-electron chi connectivity index (χ3n) is 3.88. The minimum atomic E-state index is 0.601. The maximum atomic E-state index is 5.74. The second kappa shape index (κ2) is 8.02. The fourth-order valence-corrected chi connectivity index (χ4v) is 4.28. The highest BCUT2D eigenvalue weighted by atomic mass is 32.2. The second-order valence-corrected chi connectivity index (χ2v) is 7.46. The van der Waals surface area contributed by atoms with Crippen LogP contribution in [0.15, 0.2) is 57.5 Å². The molecule has 0 radical (unpaired) electrons. The molecular formula is C20H18N2O3S2. The molecule has 0 N–H and O–H groups in total. The van der Waals surface area contributed by atoms with Crippen LogP contribution in [0.2, 0.25) is 0 Å². The molecule has 0 amide bonds. The van der Waals surface area contributed by atoms with Gasteiger partial charge < -0.3 is 13.9 Å². The summed E-state index contributed by atoms with van der Waals surface area (Å²) in [4.78, 5) is 9.22. The van der Waals surface area contributed by atoms with Gasteiger partial charge in [-0.1, -0.05) is 23.9 Å². The van der Waals surface area contributed by atoms with Crippen molar-refractivity contribution in [2.75, 3.05) is 13.7 Å². The van der Waals surface area contributed by atoms with Gasteiger partial charge in [0.05, 0.1) is 19.4 Å². The molecule has 0 aliphatic rings. The lowest BCUT2D eigenvalue weighted by molar-refractivity contribution is 0.311. The topological polar surface area (TPSA) is 57.4 Å². The number of aromatic nitrogens is 2. The standard InChI is InChI=1S/C20H18N2O3S2/c1-3-24-17-9-8-13(10-18(17)23-2)19-21-14(11-26-19)12-27-20-22-15-6-4-5-7-16(15)25-20/h4-11H,3,12H2,1-2H3. The Hall–Kier alpha value is -2.51. The molecule has 0 saturated heterocycles. The molecule has 2 aromatic heterocycles. The van der Waals surface area contributed by atoms with E-state index in [0.29, 0.717) is 23.3 Å². The highest BCUT2D eigenvalue weighted by molar-refractivity contribution is 7.98. The molecule has 5 nitrogen and oxygen atoms in total. The SMILES string of the molecule is CCOc1ccc(-c2nc(CSc3nc4ccccc4o3)cs2)cc1OC. The zero-order valence-electron chi connectivity index (χ0n) is 15.0. The molecule has 2 heterocycles. The zero-order chi connectivity index (χ0) is 18.6. The summed E-state index contributed by atoms with van der Waals surface area (Å²) < 4.78 is 16.7. The van der Waals surface area contributed by atoms with E-state index in [9.17, 15) is 0 Å². The van der Waals surface area contributed by atoms with Gasteiger partial charge in [-0.2, -0.15) is 0 Å². The lowest BCUT2D eigenvalue weighted by atomic mass is 10.2. The number of thiazole rings is 1. The van der Waals surface area contributed by atoms with Gasteiger partial charge in [-0.05, 0) is 37.3 Å². The van der Waals surface area contributed by atoms with Gasteiger partial charge in [0.25, 0.3) is 5.22 Å². The fourth-order valence-electron chi connectivity index (χ4n) is 2.63. The molecule has 0 bridgehead atoms. The van der Waals surface area contributed by atoms with Crippen LogP contribution >= 0.6 is 23.1 Å². The van der Waals surface area contributed by atoms with Gasteiger partial charge in [0.2, 0.25) is 0 Å². The molecule has 7 heteroatoms. The number of methoxy groups -OCH3 is 1. The van der Waals surface area contributed by atoms with Crippen LogP contribution < -0.4 is 9.47 Å². The van der Waals surface area contributed by atoms with Crippen molar-refractivity contribution in [2.24, 2.45) is 0 Å². The number of hydrogen-bond donors (Lipinski definition) is 0. The summed E-state index contributed by atoms with van der Waals surface area (Å²) in [5, 5.41) is 3.67. The van der Waals surface area contributed by atoms with Gasteiger partial charge in [-0.25, -0.2) is 9.97 Å². The van der Waals surface area contributed by atoms with E-state index in [2.05, 4.69) is 10.4 Å². The number of fused-ring (bicyclic) bond motifs is 1. The maximum Gasteiger partial charge on any atom is 0.257 e. The van der Waals surface area contributed by atoms with Crippen LogP contribution in [0.3, 0.4) is 0 Å². The van der Waals surface area contributed by atoms with Gasteiger partial charge in [-0.3, -0.25) is 0 Å². The summed E-state index contributed by atoms with van der Waals surface area (Å²) in [5.41, 5.74) is 3.69. The first-order valence-electron chi connectivity index (χ1n) is 8.51. The molecule has 0 aliphatic carbocycles. The van der Waals surface area contributed by atoms with Gasteiger partial charge >= 0.3 is 0 Å². The third kappa shape index (κ3) is 3.94. The highest BCUT2D eigenvalue weighted by Crippen LogP contribution is 2.34. The molecule has 4 rings (SSSR count). The molecule has 2 aromatic carbocycles. The van der Waals surface area contributed by atoms with Crippen molar-refractivity contribution >= 4 is 34.2 Å². The summed E-state index contributed by atoms with van der Waals surface area (Å²) in [6.45, 7) is 2.55. The van der Waals surface area contributed by atoms with E-state index in [0.717, 1.165) is 33.1 Å². The number of hydrogen-bond acceptors (Lipinski definition) is 7. The number of ether oxygens (including phenoxy) is 2. The predicted molar refractivity (Wildman–Crippen MR) is 109 cm³/mol. The number of oxazole rings is 1. The largest absolute Gasteiger partial charge is 0.493 e. The average Bonchev–Trinajstić information content (AvgIpc) is 3.33. The summed E-state index contributed by atoms with van der Waals surface area (Å²) in [6.07, 6.45) is 0. The predicted octanol–water partition coefficient (Wildman–Crippen LogP) is 5.65. The summed E-state index contributed by atoms with van der Waals surface area (Å²) >= 11 is 3.16. The van der Waals surface area contributed by atoms with Crippen molar-refractivity contribution in [3.8, 4) is 22.1 Å². The molecule has 0 spiro atoms. The molecule has 0 saturated carbocycles. The maximum absolute atomic E-state index is 5.74. The first-order valence-corrected chi connectivity index (χ1v) is 10.4. The Balaban J connectivity index is 1.48. The number of nitrogens with zero attached hydrogens (tertiary/aromatic N) is 2. The molecular weight excluding hydrogens is 380 g/mol. The van der Waals surface area contributed by atoms with Crippen LogP contribution in [0.1, 0.15) is 12.6 Å². The Morgan fingerprint density at radius 1 is 1.11 bits per heavy atom. The summed E-state index contributed by atoms with van der Waals surface area (Å²) in [7, 11) is 1.64. The van der Waals surface area contributed by atoms with Crippen LogP contribution in [0.4, 0.5) is 0 Å². The van der Waals surface area contributed by atoms with Crippen LogP contribution in [0.5, 0.6) is 11.5 Å². The average molecular weight is 399 g/mol. The third-order valence-corrected chi connectivity index (χ3v) is 5.68. The van der Waals surface area contributed by atoms with Crippen LogP contribution in [-0.4, -0.2) is 23.7 Å². The summed E-state index contributed by atoms with van der Waals surface area (Å²) in [5.74, 6) is 2.16. The number of para-hydroxylation sites is 2. The van der Waals surface area contributed by atoms with Crippen LogP contribution in [0.25, 0.3) is 21.7 Å². The minimum Gasteiger partial charge on any atom is -0.493 e. The van der Waals surface area contributed by atoms with E-state index in [4.69, 9.17) is 18.9 Å². The molecule has 27 heavy (non-hydrogen) atoms. The van der Waals surface area contributed by atoms with Crippen LogP contribution in [0, 0.1) is 0 Å². The van der Waals surface area contributed by atoms with Crippen molar-refractivity contribution in [3.63, 3.8) is 0 Å². The summed E-state index contributed by atoms with van der Waals surface area (Å²) in [6, 6.07) is 13.7. The fraction of sp³-hybridized carbons (Fsp3) is 0.200. The zero-order valence-corrected chi connectivity index (χ0v) is 16.6. The lowest BCUT2D eigenvalue weighted by Gasteiger charge is -2.09. The van der Waals surface area contributed by atoms with Crippen molar-refractivity contribution in [2.45, 2.75) is 17.9 Å².